The maximum absolute atomic E-state index is 5.74. The number of anilines is 1. The van der Waals surface area contributed by atoms with E-state index >= 15 is 0 Å². The minimum atomic E-state index is 0.321. The minimum Gasteiger partial charge on any atom is -0.487 e. The van der Waals surface area contributed by atoms with Crippen molar-refractivity contribution in [3.8, 4) is 5.75 Å². The predicted octanol–water partition coefficient (Wildman–Crippen LogP) is 5.00. The zero-order valence-electron chi connectivity index (χ0n) is 16.7. The monoisotopic (exact) mass is 398 g/mol. The first kappa shape index (κ1) is 19.4. The Hall–Kier alpha value is -3.93. The van der Waals surface area contributed by atoms with Gasteiger partial charge in [0.05, 0.1) is 18.4 Å². The van der Waals surface area contributed by atoms with Gasteiger partial charge in [0.2, 0.25) is 0 Å². The summed E-state index contributed by atoms with van der Waals surface area (Å²) in [6.07, 6.45) is 1.85. The summed E-state index contributed by atoms with van der Waals surface area (Å²) in [5.74, 6) is 0.749. The summed E-state index contributed by atoms with van der Waals surface area (Å²) in [4.78, 5) is 0. The van der Waals surface area contributed by atoms with Crippen molar-refractivity contribution in [1.82, 2.24) is 10.3 Å². The van der Waals surface area contributed by atoms with Gasteiger partial charge in [-0.25, -0.2) is 4.63 Å². The zero-order chi connectivity index (χ0) is 20.6. The Balaban J connectivity index is 1.44. The second kappa shape index (κ2) is 9.52. The average molecular weight is 398 g/mol. The summed E-state index contributed by atoms with van der Waals surface area (Å²) in [6.45, 7) is 2.85. The Morgan fingerprint density at radius 3 is 2.27 bits per heavy atom. The molecule has 6 nitrogen and oxygen atoms in total. The standard InChI is InChI=1S/C24H22N4O2/c1-19-24(27-30-26-19)18-29-23-14-12-20(13-15-23)16-25-28(22-10-6-3-7-11-22)17-21-8-4-2-5-9-21/h2-16H,17-18H2,1H3/b25-16+. The summed E-state index contributed by atoms with van der Waals surface area (Å²) >= 11 is 0. The van der Waals surface area contributed by atoms with E-state index in [4.69, 9.17) is 9.84 Å². The van der Waals surface area contributed by atoms with Crippen LogP contribution < -0.4 is 9.75 Å². The maximum Gasteiger partial charge on any atom is 0.145 e. The first-order valence-corrected chi connectivity index (χ1v) is 9.69. The number of rotatable bonds is 8. The van der Waals surface area contributed by atoms with E-state index < -0.39 is 0 Å². The Morgan fingerprint density at radius 1 is 0.900 bits per heavy atom. The summed E-state index contributed by atoms with van der Waals surface area (Å²) in [5.41, 5.74) is 4.64. The van der Waals surface area contributed by atoms with E-state index in [1.54, 1.807) is 0 Å². The quantitative estimate of drug-likeness (QED) is 0.309. The van der Waals surface area contributed by atoms with E-state index in [9.17, 15) is 0 Å². The molecule has 0 radical (unpaired) electrons. The van der Waals surface area contributed by atoms with Gasteiger partial charge in [-0.3, -0.25) is 5.01 Å². The third-order valence-corrected chi connectivity index (χ3v) is 4.58. The van der Waals surface area contributed by atoms with Gasteiger partial charge in [-0.05, 0) is 54.4 Å². The molecular formula is C24H22N4O2. The van der Waals surface area contributed by atoms with E-state index in [0.29, 0.717) is 18.8 Å². The minimum absolute atomic E-state index is 0.321. The van der Waals surface area contributed by atoms with Gasteiger partial charge in [-0.2, -0.15) is 5.10 Å². The van der Waals surface area contributed by atoms with Gasteiger partial charge in [-0.15, -0.1) is 0 Å². The fourth-order valence-electron chi connectivity index (χ4n) is 2.87. The van der Waals surface area contributed by atoms with Crippen molar-refractivity contribution in [2.45, 2.75) is 20.1 Å². The van der Waals surface area contributed by atoms with Crippen molar-refractivity contribution in [3.05, 3.63) is 107 Å². The van der Waals surface area contributed by atoms with E-state index in [1.807, 2.05) is 78.8 Å². The third-order valence-electron chi connectivity index (χ3n) is 4.58. The molecule has 0 amide bonds. The molecule has 0 aliphatic rings. The van der Waals surface area contributed by atoms with E-state index in [0.717, 1.165) is 22.7 Å². The fraction of sp³-hybridized carbons (Fsp3) is 0.125. The van der Waals surface area contributed by atoms with Crippen molar-refractivity contribution < 1.29 is 9.37 Å². The molecule has 0 atom stereocenters. The van der Waals surface area contributed by atoms with Crippen LogP contribution in [-0.4, -0.2) is 16.5 Å². The summed E-state index contributed by atoms with van der Waals surface area (Å²) < 4.78 is 10.4. The lowest BCUT2D eigenvalue weighted by Gasteiger charge is -2.19. The molecule has 0 spiro atoms. The fourth-order valence-corrected chi connectivity index (χ4v) is 2.87. The predicted molar refractivity (Wildman–Crippen MR) is 116 cm³/mol. The molecule has 0 aliphatic heterocycles. The second-order valence-corrected chi connectivity index (χ2v) is 6.78. The van der Waals surface area contributed by atoms with Crippen LogP contribution in [0.5, 0.6) is 5.75 Å². The molecule has 0 fully saturated rings. The number of ether oxygens (including phenoxy) is 1. The Morgan fingerprint density at radius 2 is 1.60 bits per heavy atom. The highest BCUT2D eigenvalue weighted by molar-refractivity contribution is 5.80. The van der Waals surface area contributed by atoms with Crippen LogP contribution in [0.15, 0.2) is 94.7 Å². The van der Waals surface area contributed by atoms with Crippen LogP contribution >= 0.6 is 0 Å². The van der Waals surface area contributed by atoms with Crippen molar-refractivity contribution >= 4 is 11.9 Å². The first-order chi connectivity index (χ1) is 14.8. The zero-order valence-corrected chi connectivity index (χ0v) is 16.7. The van der Waals surface area contributed by atoms with Crippen LogP contribution in [0.3, 0.4) is 0 Å². The molecule has 1 heterocycles. The second-order valence-electron chi connectivity index (χ2n) is 6.78. The lowest BCUT2D eigenvalue weighted by Crippen LogP contribution is -2.15. The molecule has 6 heteroatoms. The Bertz CT molecular complexity index is 1080. The summed E-state index contributed by atoms with van der Waals surface area (Å²) in [6, 6.07) is 28.2. The molecule has 150 valence electrons. The number of hydrogen-bond donors (Lipinski definition) is 0. The summed E-state index contributed by atoms with van der Waals surface area (Å²) in [7, 11) is 0. The molecule has 4 aromatic rings. The number of hydrazone groups is 1. The van der Waals surface area contributed by atoms with Crippen molar-refractivity contribution in [3.63, 3.8) is 0 Å². The van der Waals surface area contributed by atoms with E-state index in [-0.39, 0.29) is 0 Å². The van der Waals surface area contributed by atoms with Crippen LogP contribution in [-0.2, 0) is 13.2 Å². The van der Waals surface area contributed by atoms with Crippen LogP contribution in [0.25, 0.3) is 0 Å². The molecule has 4 rings (SSSR count). The maximum atomic E-state index is 5.74. The Labute approximate surface area is 175 Å². The SMILES string of the molecule is Cc1nonc1COc1ccc(/C=N/N(Cc2ccccc2)c2ccccc2)cc1. The van der Waals surface area contributed by atoms with Crippen LogP contribution in [0.4, 0.5) is 5.69 Å². The highest BCUT2D eigenvalue weighted by Crippen LogP contribution is 2.18. The highest BCUT2D eigenvalue weighted by Gasteiger charge is 2.07. The first-order valence-electron chi connectivity index (χ1n) is 9.69. The van der Waals surface area contributed by atoms with Crippen molar-refractivity contribution in [2.24, 2.45) is 5.10 Å². The largest absolute Gasteiger partial charge is 0.487 e. The molecule has 0 unspecified atom stereocenters. The normalized spacial score (nSPS) is 11.0. The number of benzene rings is 3. The molecule has 1 aromatic heterocycles. The highest BCUT2D eigenvalue weighted by atomic mass is 16.6. The number of hydrogen-bond acceptors (Lipinski definition) is 6. The molecular weight excluding hydrogens is 376 g/mol. The molecule has 0 aliphatic carbocycles. The van der Waals surface area contributed by atoms with Gasteiger partial charge in [0.15, 0.2) is 0 Å². The van der Waals surface area contributed by atoms with E-state index in [2.05, 4.69) is 39.2 Å². The van der Waals surface area contributed by atoms with Gasteiger partial charge < -0.3 is 4.74 Å². The number of aromatic nitrogens is 2. The van der Waals surface area contributed by atoms with E-state index in [1.165, 1.54) is 5.56 Å². The van der Waals surface area contributed by atoms with Gasteiger partial charge in [-0.1, -0.05) is 58.8 Å². The number of aryl methyl sites for hydroxylation is 1. The van der Waals surface area contributed by atoms with Crippen LogP contribution in [0, 0.1) is 6.92 Å². The van der Waals surface area contributed by atoms with Gasteiger partial charge in [0.1, 0.15) is 23.7 Å². The third kappa shape index (κ3) is 5.11. The lowest BCUT2D eigenvalue weighted by molar-refractivity contribution is 0.270. The Kier molecular flexibility index (Phi) is 6.15. The molecule has 0 saturated heterocycles. The topological polar surface area (TPSA) is 63.8 Å². The average Bonchev–Trinajstić information content (AvgIpc) is 3.22. The van der Waals surface area contributed by atoms with Crippen LogP contribution in [0.2, 0.25) is 0 Å². The molecule has 0 bridgehead atoms. The molecule has 3 aromatic carbocycles. The molecule has 30 heavy (non-hydrogen) atoms. The van der Waals surface area contributed by atoms with Crippen molar-refractivity contribution in [1.29, 1.82) is 0 Å². The smallest absolute Gasteiger partial charge is 0.145 e. The van der Waals surface area contributed by atoms with Gasteiger partial charge >= 0.3 is 0 Å². The van der Waals surface area contributed by atoms with Crippen molar-refractivity contribution in [2.75, 3.05) is 5.01 Å². The lowest BCUT2D eigenvalue weighted by atomic mass is 10.2. The molecule has 0 saturated carbocycles. The summed E-state index contributed by atoms with van der Waals surface area (Å²) in [5, 5.41) is 14.3. The van der Waals surface area contributed by atoms with Gasteiger partial charge in [0, 0.05) is 0 Å². The number of para-hydroxylation sites is 1. The van der Waals surface area contributed by atoms with Crippen LogP contribution in [0.1, 0.15) is 22.5 Å². The van der Waals surface area contributed by atoms with Gasteiger partial charge in [0.25, 0.3) is 0 Å². The molecule has 0 N–H and O–H groups in total. The number of nitrogens with zero attached hydrogens (tertiary/aromatic N) is 4.